The molecule has 0 aromatic heterocycles. The molecule has 0 aliphatic carbocycles. The van der Waals surface area contributed by atoms with Crippen LogP contribution in [0.1, 0.15) is 16.8 Å². The fourth-order valence-electron chi connectivity index (χ4n) is 3.24. The lowest BCUT2D eigenvalue weighted by molar-refractivity contribution is -0.133. The summed E-state index contributed by atoms with van der Waals surface area (Å²) in [7, 11) is 1.56. The number of rotatable bonds is 4. The van der Waals surface area contributed by atoms with E-state index in [0.29, 0.717) is 57.1 Å². The number of piperazine rings is 1. The molecule has 0 bridgehead atoms. The number of nitrogens with zero attached hydrogens (tertiary/aromatic N) is 2. The first kappa shape index (κ1) is 17.7. The highest BCUT2D eigenvalue weighted by Gasteiger charge is 2.27. The van der Waals surface area contributed by atoms with Crippen molar-refractivity contribution in [3.8, 4) is 5.75 Å². The molecule has 1 unspecified atom stereocenters. The predicted molar refractivity (Wildman–Crippen MR) is 92.7 cm³/mol. The normalized spacial score (nSPS) is 21.1. The molecule has 25 heavy (non-hydrogen) atoms. The van der Waals surface area contributed by atoms with E-state index in [9.17, 15) is 9.59 Å². The average Bonchev–Trinajstić information content (AvgIpc) is 2.68. The van der Waals surface area contributed by atoms with E-state index in [0.717, 1.165) is 6.54 Å². The summed E-state index contributed by atoms with van der Waals surface area (Å²) >= 11 is 0. The standard InChI is InChI=1S/C18H25N3O4/c1-24-16-5-3-2-4-15(16)18(23)21-9-7-20(8-10-21)17(22)12-14-13-25-11-6-19-14/h2-5,14,19H,6-13H2,1H3. The van der Waals surface area contributed by atoms with Gasteiger partial charge in [0.2, 0.25) is 5.91 Å². The molecule has 2 aliphatic rings. The molecule has 1 aromatic rings. The summed E-state index contributed by atoms with van der Waals surface area (Å²) in [6.45, 7) is 4.28. The summed E-state index contributed by atoms with van der Waals surface area (Å²) in [4.78, 5) is 28.7. The van der Waals surface area contributed by atoms with E-state index in [1.54, 1.807) is 24.1 Å². The summed E-state index contributed by atoms with van der Waals surface area (Å²) in [5.41, 5.74) is 0.563. The minimum Gasteiger partial charge on any atom is -0.496 e. The van der Waals surface area contributed by atoms with Gasteiger partial charge in [-0.05, 0) is 12.1 Å². The Morgan fingerprint density at radius 3 is 2.60 bits per heavy atom. The lowest BCUT2D eigenvalue weighted by Gasteiger charge is -2.36. The third-order valence-electron chi connectivity index (χ3n) is 4.68. The summed E-state index contributed by atoms with van der Waals surface area (Å²) < 4.78 is 10.7. The van der Waals surface area contributed by atoms with Crippen LogP contribution in [0.3, 0.4) is 0 Å². The second kappa shape index (κ2) is 8.31. The van der Waals surface area contributed by atoms with Crippen LogP contribution >= 0.6 is 0 Å². The number of nitrogens with one attached hydrogen (secondary N) is 1. The van der Waals surface area contributed by atoms with E-state index in [-0.39, 0.29) is 17.9 Å². The van der Waals surface area contributed by atoms with Gasteiger partial charge in [0.05, 0.1) is 25.9 Å². The lowest BCUT2D eigenvalue weighted by Crippen LogP contribution is -2.52. The summed E-state index contributed by atoms with van der Waals surface area (Å²) in [6.07, 6.45) is 0.445. The fraction of sp³-hybridized carbons (Fsp3) is 0.556. The first-order valence-electron chi connectivity index (χ1n) is 8.70. The first-order chi connectivity index (χ1) is 12.2. The number of benzene rings is 1. The quantitative estimate of drug-likeness (QED) is 0.851. The average molecular weight is 347 g/mol. The molecule has 0 spiro atoms. The number of hydrogen-bond donors (Lipinski definition) is 1. The Hall–Kier alpha value is -2.12. The Balaban J connectivity index is 1.52. The molecular formula is C18H25N3O4. The Bertz CT molecular complexity index is 608. The molecule has 136 valence electrons. The summed E-state index contributed by atoms with van der Waals surface area (Å²) in [6, 6.07) is 7.32. The highest BCUT2D eigenvalue weighted by atomic mass is 16.5. The van der Waals surface area contributed by atoms with E-state index in [1.807, 2.05) is 17.0 Å². The topological polar surface area (TPSA) is 71.1 Å². The number of carbonyl (C=O) groups excluding carboxylic acids is 2. The van der Waals surface area contributed by atoms with Crippen molar-refractivity contribution >= 4 is 11.8 Å². The molecule has 2 fully saturated rings. The Labute approximate surface area is 147 Å². The third kappa shape index (κ3) is 4.29. The molecule has 7 heteroatoms. The van der Waals surface area contributed by atoms with Crippen LogP contribution in [0.15, 0.2) is 24.3 Å². The molecule has 2 aliphatic heterocycles. The van der Waals surface area contributed by atoms with Crippen LogP contribution in [0.25, 0.3) is 0 Å². The van der Waals surface area contributed by atoms with Gasteiger partial charge in [-0.3, -0.25) is 9.59 Å². The van der Waals surface area contributed by atoms with Gasteiger partial charge in [-0.2, -0.15) is 0 Å². The van der Waals surface area contributed by atoms with Crippen LogP contribution < -0.4 is 10.1 Å². The monoisotopic (exact) mass is 347 g/mol. The third-order valence-corrected chi connectivity index (χ3v) is 4.68. The second-order valence-corrected chi connectivity index (χ2v) is 6.30. The van der Waals surface area contributed by atoms with Crippen molar-refractivity contribution in [3.05, 3.63) is 29.8 Å². The van der Waals surface area contributed by atoms with Gasteiger partial charge in [0.15, 0.2) is 0 Å². The van der Waals surface area contributed by atoms with Crippen LogP contribution in [-0.4, -0.2) is 80.7 Å². The second-order valence-electron chi connectivity index (χ2n) is 6.30. The number of methoxy groups -OCH3 is 1. The number of ether oxygens (including phenoxy) is 2. The number of carbonyl (C=O) groups is 2. The Morgan fingerprint density at radius 1 is 1.20 bits per heavy atom. The van der Waals surface area contributed by atoms with Crippen molar-refractivity contribution in [3.63, 3.8) is 0 Å². The molecule has 2 saturated heterocycles. The Kier molecular flexibility index (Phi) is 5.88. The largest absolute Gasteiger partial charge is 0.496 e. The summed E-state index contributed by atoms with van der Waals surface area (Å²) in [5, 5.41) is 3.30. The smallest absolute Gasteiger partial charge is 0.257 e. The maximum atomic E-state index is 12.7. The maximum Gasteiger partial charge on any atom is 0.257 e. The van der Waals surface area contributed by atoms with Crippen LogP contribution in [0.4, 0.5) is 0 Å². The van der Waals surface area contributed by atoms with Gasteiger partial charge in [0, 0.05) is 45.2 Å². The molecule has 1 atom stereocenters. The number of amides is 2. The molecule has 2 heterocycles. The molecule has 1 aromatic carbocycles. The first-order valence-corrected chi connectivity index (χ1v) is 8.70. The van der Waals surface area contributed by atoms with E-state index >= 15 is 0 Å². The van der Waals surface area contributed by atoms with Gasteiger partial charge in [-0.25, -0.2) is 0 Å². The molecular weight excluding hydrogens is 322 g/mol. The predicted octanol–water partition coefficient (Wildman–Crippen LogP) is 0.358. The SMILES string of the molecule is COc1ccccc1C(=O)N1CCN(C(=O)CC2COCCN2)CC1. The molecule has 0 saturated carbocycles. The fourth-order valence-corrected chi connectivity index (χ4v) is 3.24. The van der Waals surface area contributed by atoms with Crippen molar-refractivity contribution in [1.82, 2.24) is 15.1 Å². The van der Waals surface area contributed by atoms with Gasteiger partial charge >= 0.3 is 0 Å². The van der Waals surface area contributed by atoms with Gasteiger partial charge in [-0.15, -0.1) is 0 Å². The maximum absolute atomic E-state index is 12.7. The van der Waals surface area contributed by atoms with Crippen molar-refractivity contribution in [2.75, 3.05) is 53.0 Å². The van der Waals surface area contributed by atoms with Gasteiger partial charge in [0.25, 0.3) is 5.91 Å². The van der Waals surface area contributed by atoms with Crippen LogP contribution in [0.5, 0.6) is 5.75 Å². The molecule has 7 nitrogen and oxygen atoms in total. The van der Waals surface area contributed by atoms with Crippen molar-refractivity contribution in [2.24, 2.45) is 0 Å². The molecule has 1 N–H and O–H groups in total. The van der Waals surface area contributed by atoms with Crippen LogP contribution in [0.2, 0.25) is 0 Å². The van der Waals surface area contributed by atoms with Crippen LogP contribution in [-0.2, 0) is 9.53 Å². The van der Waals surface area contributed by atoms with E-state index in [4.69, 9.17) is 9.47 Å². The van der Waals surface area contributed by atoms with E-state index < -0.39 is 0 Å². The highest BCUT2D eigenvalue weighted by molar-refractivity contribution is 5.97. The van der Waals surface area contributed by atoms with Gasteiger partial charge in [0.1, 0.15) is 5.75 Å². The minimum atomic E-state index is -0.0492. The van der Waals surface area contributed by atoms with Gasteiger partial charge < -0.3 is 24.6 Å². The lowest BCUT2D eigenvalue weighted by atomic mass is 10.1. The van der Waals surface area contributed by atoms with Crippen molar-refractivity contribution in [2.45, 2.75) is 12.5 Å². The zero-order valence-corrected chi connectivity index (χ0v) is 14.6. The number of morpholine rings is 1. The van der Waals surface area contributed by atoms with E-state index in [2.05, 4.69) is 5.32 Å². The molecule has 3 rings (SSSR count). The van der Waals surface area contributed by atoms with Crippen molar-refractivity contribution in [1.29, 1.82) is 0 Å². The van der Waals surface area contributed by atoms with E-state index in [1.165, 1.54) is 0 Å². The van der Waals surface area contributed by atoms with Crippen molar-refractivity contribution < 1.29 is 19.1 Å². The minimum absolute atomic E-state index is 0.0492. The zero-order valence-electron chi connectivity index (χ0n) is 14.6. The Morgan fingerprint density at radius 2 is 1.92 bits per heavy atom. The van der Waals surface area contributed by atoms with Gasteiger partial charge in [-0.1, -0.05) is 12.1 Å². The zero-order chi connectivity index (χ0) is 17.6. The highest BCUT2D eigenvalue weighted by Crippen LogP contribution is 2.20. The summed E-state index contributed by atoms with van der Waals surface area (Å²) in [5.74, 6) is 0.647. The molecule has 2 amide bonds. The number of hydrogen-bond acceptors (Lipinski definition) is 5. The van der Waals surface area contributed by atoms with Crippen LogP contribution in [0, 0.1) is 0 Å². The number of para-hydroxylation sites is 1. The molecule has 0 radical (unpaired) electrons.